The molecule has 6 heteroatoms. The molecule has 1 aliphatic rings. The number of aromatic nitrogens is 2. The van der Waals surface area contributed by atoms with Gasteiger partial charge in [-0.15, -0.1) is 0 Å². The normalized spacial score (nSPS) is 20.8. The Kier molecular flexibility index (Phi) is 4.38. The monoisotopic (exact) mass is 327 g/mol. The lowest BCUT2D eigenvalue weighted by Crippen LogP contribution is -2.49. The van der Waals surface area contributed by atoms with Crippen molar-refractivity contribution in [3.8, 4) is 5.69 Å². The van der Waals surface area contributed by atoms with Crippen LogP contribution in [0.4, 0.5) is 0 Å². The van der Waals surface area contributed by atoms with Crippen LogP contribution >= 0.6 is 0 Å². The summed E-state index contributed by atoms with van der Waals surface area (Å²) in [5.74, 6) is -1.43. The van der Waals surface area contributed by atoms with E-state index in [1.807, 2.05) is 32.0 Å². The lowest BCUT2D eigenvalue weighted by atomic mass is 9.90. The van der Waals surface area contributed by atoms with Crippen LogP contribution in [0.1, 0.15) is 35.8 Å². The van der Waals surface area contributed by atoms with Crippen molar-refractivity contribution in [1.82, 2.24) is 14.7 Å². The van der Waals surface area contributed by atoms with Crippen molar-refractivity contribution in [2.24, 2.45) is 5.92 Å². The Morgan fingerprint density at radius 2 is 1.92 bits per heavy atom. The standard InChI is InChI=1S/C18H21N3O3/c1-12-9-10-19-21(12)15-7-5-14(6-8-15)17(22)20-11-3-4-16(13(20)2)18(23)24/h5-10,13,16H,3-4,11H2,1-2H3,(H,23,24)/t13-,16-/m1/s1. The Morgan fingerprint density at radius 3 is 2.50 bits per heavy atom. The predicted molar refractivity (Wildman–Crippen MR) is 89.2 cm³/mol. The van der Waals surface area contributed by atoms with E-state index in [9.17, 15) is 14.7 Å². The van der Waals surface area contributed by atoms with Gasteiger partial charge in [-0.3, -0.25) is 9.59 Å². The summed E-state index contributed by atoms with van der Waals surface area (Å²) < 4.78 is 1.80. The van der Waals surface area contributed by atoms with Crippen molar-refractivity contribution in [2.45, 2.75) is 32.7 Å². The minimum Gasteiger partial charge on any atom is -0.481 e. The summed E-state index contributed by atoms with van der Waals surface area (Å²) in [6.45, 7) is 4.38. The number of carbonyl (C=O) groups is 2. The highest BCUT2D eigenvalue weighted by atomic mass is 16.4. The number of piperidine rings is 1. The first-order valence-electron chi connectivity index (χ1n) is 8.14. The van der Waals surface area contributed by atoms with Crippen LogP contribution in [-0.4, -0.2) is 44.3 Å². The second-order valence-electron chi connectivity index (χ2n) is 6.26. The van der Waals surface area contributed by atoms with E-state index in [4.69, 9.17) is 0 Å². The quantitative estimate of drug-likeness (QED) is 0.940. The molecule has 1 fully saturated rings. The van der Waals surface area contributed by atoms with Crippen LogP contribution in [0, 0.1) is 12.8 Å². The molecule has 1 aliphatic heterocycles. The third-order valence-electron chi connectivity index (χ3n) is 4.76. The molecule has 0 bridgehead atoms. The zero-order valence-electron chi connectivity index (χ0n) is 13.8. The van der Waals surface area contributed by atoms with Crippen LogP contribution in [0.5, 0.6) is 0 Å². The van der Waals surface area contributed by atoms with E-state index >= 15 is 0 Å². The fraction of sp³-hybridized carbons (Fsp3) is 0.389. The Hall–Kier alpha value is -2.63. The second kappa shape index (κ2) is 6.47. The summed E-state index contributed by atoms with van der Waals surface area (Å²) >= 11 is 0. The Balaban J connectivity index is 1.80. The van der Waals surface area contributed by atoms with Gasteiger partial charge in [0, 0.05) is 30.0 Å². The van der Waals surface area contributed by atoms with Crippen LogP contribution in [-0.2, 0) is 4.79 Å². The van der Waals surface area contributed by atoms with Crippen LogP contribution in [0.3, 0.4) is 0 Å². The van der Waals surface area contributed by atoms with Crippen molar-refractivity contribution in [2.75, 3.05) is 6.54 Å². The highest BCUT2D eigenvalue weighted by Crippen LogP contribution is 2.25. The summed E-state index contributed by atoms with van der Waals surface area (Å²) in [6.07, 6.45) is 3.07. The zero-order valence-corrected chi connectivity index (χ0v) is 13.8. The highest BCUT2D eigenvalue weighted by Gasteiger charge is 2.35. The molecule has 1 amide bonds. The summed E-state index contributed by atoms with van der Waals surface area (Å²) in [6, 6.07) is 8.89. The molecular formula is C18H21N3O3. The average molecular weight is 327 g/mol. The van der Waals surface area contributed by atoms with E-state index in [2.05, 4.69) is 5.10 Å². The van der Waals surface area contributed by atoms with Crippen LogP contribution in [0.25, 0.3) is 5.69 Å². The van der Waals surface area contributed by atoms with Crippen molar-refractivity contribution in [1.29, 1.82) is 0 Å². The summed E-state index contributed by atoms with van der Waals surface area (Å²) in [5.41, 5.74) is 2.48. The number of likely N-dealkylation sites (tertiary alicyclic amines) is 1. The number of benzene rings is 1. The van der Waals surface area contributed by atoms with E-state index in [0.717, 1.165) is 17.8 Å². The molecule has 1 saturated heterocycles. The molecule has 2 atom stereocenters. The van der Waals surface area contributed by atoms with Gasteiger partial charge in [0.1, 0.15) is 0 Å². The van der Waals surface area contributed by atoms with E-state index < -0.39 is 11.9 Å². The number of aliphatic carboxylic acids is 1. The molecule has 0 saturated carbocycles. The minimum absolute atomic E-state index is 0.114. The number of aryl methyl sites for hydroxylation is 1. The number of amides is 1. The number of hydrogen-bond donors (Lipinski definition) is 1. The van der Waals surface area contributed by atoms with Gasteiger partial charge in [0.05, 0.1) is 11.6 Å². The first-order chi connectivity index (χ1) is 11.5. The largest absolute Gasteiger partial charge is 0.481 e. The Morgan fingerprint density at radius 1 is 1.21 bits per heavy atom. The molecule has 0 aliphatic carbocycles. The number of rotatable bonds is 3. The summed E-state index contributed by atoms with van der Waals surface area (Å²) in [7, 11) is 0. The molecule has 1 N–H and O–H groups in total. The molecule has 0 radical (unpaired) electrons. The summed E-state index contributed by atoms with van der Waals surface area (Å²) in [5, 5.41) is 13.5. The van der Waals surface area contributed by atoms with E-state index in [1.165, 1.54) is 0 Å². The van der Waals surface area contributed by atoms with Crippen molar-refractivity contribution >= 4 is 11.9 Å². The van der Waals surface area contributed by atoms with Gasteiger partial charge in [0.25, 0.3) is 5.91 Å². The van der Waals surface area contributed by atoms with Crippen LogP contribution in [0.2, 0.25) is 0 Å². The van der Waals surface area contributed by atoms with Gasteiger partial charge < -0.3 is 10.0 Å². The topological polar surface area (TPSA) is 75.4 Å². The van der Waals surface area contributed by atoms with Crippen molar-refractivity contribution in [3.63, 3.8) is 0 Å². The lowest BCUT2D eigenvalue weighted by Gasteiger charge is -2.37. The highest BCUT2D eigenvalue weighted by molar-refractivity contribution is 5.95. The maximum atomic E-state index is 12.8. The average Bonchev–Trinajstić information content (AvgIpc) is 3.00. The lowest BCUT2D eigenvalue weighted by molar-refractivity contribution is -0.144. The molecule has 126 valence electrons. The maximum Gasteiger partial charge on any atom is 0.308 e. The van der Waals surface area contributed by atoms with Gasteiger partial charge in [-0.25, -0.2) is 4.68 Å². The van der Waals surface area contributed by atoms with Gasteiger partial charge >= 0.3 is 5.97 Å². The van der Waals surface area contributed by atoms with Gasteiger partial charge in [0.2, 0.25) is 0 Å². The molecule has 1 aromatic heterocycles. The first kappa shape index (κ1) is 16.2. The number of carboxylic acid groups (broad SMARTS) is 1. The van der Waals surface area contributed by atoms with Crippen LogP contribution < -0.4 is 0 Å². The van der Waals surface area contributed by atoms with Gasteiger partial charge in [-0.1, -0.05) is 0 Å². The van der Waals surface area contributed by atoms with Crippen LogP contribution in [0.15, 0.2) is 36.5 Å². The molecule has 2 aromatic rings. The predicted octanol–water partition coefficient (Wildman–Crippen LogP) is 2.51. The Bertz CT molecular complexity index is 751. The molecule has 6 nitrogen and oxygen atoms in total. The SMILES string of the molecule is Cc1ccnn1-c1ccc(C(=O)N2CCC[C@@H](C(=O)O)[C@H]2C)cc1. The molecule has 0 spiro atoms. The van der Waals surface area contributed by atoms with Gasteiger partial charge in [0.15, 0.2) is 0 Å². The minimum atomic E-state index is -0.829. The molecule has 1 aromatic carbocycles. The molecule has 0 unspecified atom stereocenters. The van der Waals surface area contributed by atoms with E-state index in [1.54, 1.807) is 27.9 Å². The summed E-state index contributed by atoms with van der Waals surface area (Å²) in [4.78, 5) is 25.8. The van der Waals surface area contributed by atoms with Gasteiger partial charge in [-0.2, -0.15) is 5.10 Å². The van der Waals surface area contributed by atoms with Crippen molar-refractivity contribution in [3.05, 3.63) is 47.8 Å². The fourth-order valence-electron chi connectivity index (χ4n) is 3.31. The fourth-order valence-corrected chi connectivity index (χ4v) is 3.31. The first-order valence-corrected chi connectivity index (χ1v) is 8.14. The maximum absolute atomic E-state index is 12.8. The van der Waals surface area contributed by atoms with Crippen molar-refractivity contribution < 1.29 is 14.7 Å². The molecule has 2 heterocycles. The second-order valence-corrected chi connectivity index (χ2v) is 6.26. The number of nitrogens with zero attached hydrogens (tertiary/aromatic N) is 3. The smallest absolute Gasteiger partial charge is 0.308 e. The van der Waals surface area contributed by atoms with Gasteiger partial charge in [-0.05, 0) is 57.0 Å². The Labute approximate surface area is 140 Å². The number of hydrogen-bond acceptors (Lipinski definition) is 3. The molecule has 3 rings (SSSR count). The van der Waals surface area contributed by atoms with E-state index in [-0.39, 0.29) is 11.9 Å². The number of carboxylic acids is 1. The van der Waals surface area contributed by atoms with E-state index in [0.29, 0.717) is 18.5 Å². The third-order valence-corrected chi connectivity index (χ3v) is 4.76. The molecule has 24 heavy (non-hydrogen) atoms. The molecular weight excluding hydrogens is 306 g/mol. The third kappa shape index (κ3) is 2.91. The zero-order chi connectivity index (χ0) is 17.3. The number of carbonyl (C=O) groups excluding carboxylic acids is 1.